The van der Waals surface area contributed by atoms with Gasteiger partial charge in [0.25, 0.3) is 6.01 Å². The molecule has 0 unspecified atom stereocenters. The average Bonchev–Trinajstić information content (AvgIpc) is 3.31. The molecule has 5 rings (SSSR count). The van der Waals surface area contributed by atoms with Crippen molar-refractivity contribution >= 4 is 27.1 Å². The summed E-state index contributed by atoms with van der Waals surface area (Å²) in [5, 5.41) is 0. The topological polar surface area (TPSA) is 69.9 Å². The summed E-state index contributed by atoms with van der Waals surface area (Å²) in [6.07, 6.45) is 3.41. The zero-order valence-corrected chi connectivity index (χ0v) is 15.6. The first-order valence-corrected chi connectivity index (χ1v) is 11.1. The minimum absolute atomic E-state index is 0.260. The summed E-state index contributed by atoms with van der Waals surface area (Å²) in [4.78, 5) is 9.44. The maximum Gasteiger partial charge on any atom is 0.298 e. The van der Waals surface area contributed by atoms with Gasteiger partial charge < -0.3 is 9.32 Å². The lowest BCUT2D eigenvalue weighted by atomic mass is 10.2. The molecule has 0 N–H and O–H groups in total. The highest BCUT2D eigenvalue weighted by Crippen LogP contribution is 2.29. The Kier molecular flexibility index (Phi) is 3.95. The van der Waals surface area contributed by atoms with Crippen molar-refractivity contribution in [1.29, 1.82) is 0 Å². The van der Waals surface area contributed by atoms with E-state index >= 15 is 0 Å². The van der Waals surface area contributed by atoms with E-state index in [1.165, 1.54) is 12.8 Å². The Labute approximate surface area is 153 Å². The molecule has 1 aromatic heterocycles. The summed E-state index contributed by atoms with van der Waals surface area (Å²) >= 11 is 0. The van der Waals surface area contributed by atoms with Crippen LogP contribution >= 0.6 is 0 Å². The molecule has 8 heteroatoms. The van der Waals surface area contributed by atoms with Crippen molar-refractivity contribution in [2.24, 2.45) is 0 Å². The number of hydrogen-bond acceptors (Lipinski definition) is 6. The van der Waals surface area contributed by atoms with Crippen LogP contribution in [0.3, 0.4) is 0 Å². The Balaban J connectivity index is 1.32. The molecule has 26 heavy (non-hydrogen) atoms. The van der Waals surface area contributed by atoms with Crippen molar-refractivity contribution in [1.82, 2.24) is 14.2 Å². The molecule has 7 nitrogen and oxygen atoms in total. The molecule has 3 heterocycles. The Morgan fingerprint density at radius 1 is 1.12 bits per heavy atom. The summed E-state index contributed by atoms with van der Waals surface area (Å²) < 4.78 is 31.5. The molecule has 140 valence electrons. The zero-order chi connectivity index (χ0) is 17.7. The Bertz CT molecular complexity index is 914. The van der Waals surface area contributed by atoms with Crippen molar-refractivity contribution in [3.8, 4) is 0 Å². The molecule has 1 aliphatic carbocycles. The molecule has 2 aromatic rings. The molecule has 1 saturated carbocycles. The predicted molar refractivity (Wildman–Crippen MR) is 99.6 cm³/mol. The van der Waals surface area contributed by atoms with Gasteiger partial charge in [-0.05, 0) is 37.0 Å². The molecular weight excluding hydrogens is 352 g/mol. The van der Waals surface area contributed by atoms with Crippen molar-refractivity contribution < 1.29 is 12.8 Å². The third-order valence-corrected chi connectivity index (χ3v) is 7.55. The van der Waals surface area contributed by atoms with Gasteiger partial charge in [0.2, 0.25) is 10.0 Å². The van der Waals surface area contributed by atoms with Crippen LogP contribution in [0.15, 0.2) is 22.6 Å². The maximum absolute atomic E-state index is 12.0. The Morgan fingerprint density at radius 3 is 2.62 bits per heavy atom. The summed E-state index contributed by atoms with van der Waals surface area (Å²) in [5.74, 6) is 0.260. The van der Waals surface area contributed by atoms with E-state index in [0.29, 0.717) is 25.5 Å². The number of fused-ring (bicyclic) bond motifs is 1. The second kappa shape index (κ2) is 6.21. The normalized spacial score (nSPS) is 24.5. The number of oxazole rings is 1. The van der Waals surface area contributed by atoms with Gasteiger partial charge in [-0.25, -0.2) is 8.42 Å². The van der Waals surface area contributed by atoms with Crippen LogP contribution in [-0.4, -0.2) is 67.1 Å². The van der Waals surface area contributed by atoms with Crippen LogP contribution in [0.2, 0.25) is 0 Å². The van der Waals surface area contributed by atoms with Gasteiger partial charge in [-0.1, -0.05) is 6.07 Å². The number of hydrogen-bond donors (Lipinski definition) is 0. The van der Waals surface area contributed by atoms with Crippen LogP contribution in [0, 0.1) is 0 Å². The fourth-order valence-electron chi connectivity index (χ4n) is 3.99. The SMILES string of the molecule is O=S1(=O)CCCN1Cc1ccc2oc(N3CCN(C4CC4)CC3)nc2c1. The van der Waals surface area contributed by atoms with Crippen molar-refractivity contribution in [3.63, 3.8) is 0 Å². The van der Waals surface area contributed by atoms with Gasteiger partial charge in [0.05, 0.1) is 5.75 Å². The zero-order valence-electron chi connectivity index (χ0n) is 14.8. The van der Waals surface area contributed by atoms with Crippen LogP contribution in [-0.2, 0) is 16.6 Å². The van der Waals surface area contributed by atoms with Crippen molar-refractivity contribution in [3.05, 3.63) is 23.8 Å². The van der Waals surface area contributed by atoms with Gasteiger partial charge in [-0.3, -0.25) is 4.90 Å². The van der Waals surface area contributed by atoms with Gasteiger partial charge in [0, 0.05) is 45.3 Å². The molecule has 1 aromatic carbocycles. The van der Waals surface area contributed by atoms with Crippen LogP contribution in [0.25, 0.3) is 11.1 Å². The Morgan fingerprint density at radius 2 is 1.92 bits per heavy atom. The molecule has 0 amide bonds. The highest BCUT2D eigenvalue weighted by atomic mass is 32.2. The standard InChI is InChI=1S/C18H24N4O3S/c23-26(24)11-1-6-22(26)13-14-2-5-17-16(12-14)19-18(25-17)21-9-7-20(8-10-21)15-3-4-15/h2,5,12,15H,1,3-4,6-11,13H2. The number of aromatic nitrogens is 1. The van der Waals surface area contributed by atoms with E-state index in [-0.39, 0.29) is 5.75 Å². The van der Waals surface area contributed by atoms with Crippen molar-refractivity contribution in [2.75, 3.05) is 43.4 Å². The number of benzene rings is 1. The highest BCUT2D eigenvalue weighted by molar-refractivity contribution is 7.89. The molecule has 2 aliphatic heterocycles. The Hall–Kier alpha value is -1.64. The molecule has 0 bridgehead atoms. The third kappa shape index (κ3) is 3.10. The second-order valence-corrected chi connectivity index (χ2v) is 9.64. The van der Waals surface area contributed by atoms with Gasteiger partial charge in [-0.2, -0.15) is 9.29 Å². The summed E-state index contributed by atoms with van der Waals surface area (Å²) in [6.45, 7) is 5.06. The molecule has 3 fully saturated rings. The van der Waals surface area contributed by atoms with E-state index in [2.05, 4.69) is 14.8 Å². The largest absolute Gasteiger partial charge is 0.423 e. The van der Waals surface area contributed by atoms with E-state index in [9.17, 15) is 8.42 Å². The van der Waals surface area contributed by atoms with Crippen LogP contribution in [0.4, 0.5) is 6.01 Å². The van der Waals surface area contributed by atoms with E-state index in [1.54, 1.807) is 4.31 Å². The van der Waals surface area contributed by atoms with E-state index < -0.39 is 10.0 Å². The van der Waals surface area contributed by atoms with Gasteiger partial charge >= 0.3 is 0 Å². The second-order valence-electron chi connectivity index (χ2n) is 7.56. The van der Waals surface area contributed by atoms with Crippen LogP contribution in [0.5, 0.6) is 0 Å². The molecule has 3 aliphatic rings. The lowest BCUT2D eigenvalue weighted by Gasteiger charge is -2.33. The molecule has 0 radical (unpaired) electrons. The smallest absolute Gasteiger partial charge is 0.298 e. The number of piperazine rings is 1. The summed E-state index contributed by atoms with van der Waals surface area (Å²) in [6, 6.07) is 7.29. The predicted octanol–water partition coefficient (Wildman–Crippen LogP) is 1.65. The van der Waals surface area contributed by atoms with Crippen LogP contribution < -0.4 is 4.90 Å². The monoisotopic (exact) mass is 376 g/mol. The summed E-state index contributed by atoms with van der Waals surface area (Å²) in [5.41, 5.74) is 2.53. The first kappa shape index (κ1) is 16.5. The first-order valence-electron chi connectivity index (χ1n) is 9.45. The lowest BCUT2D eigenvalue weighted by molar-refractivity contribution is 0.244. The average molecular weight is 376 g/mol. The molecular formula is C18H24N4O3S. The minimum atomic E-state index is -3.08. The number of anilines is 1. The van der Waals surface area contributed by atoms with Gasteiger partial charge in [0.15, 0.2) is 5.58 Å². The minimum Gasteiger partial charge on any atom is -0.423 e. The number of rotatable bonds is 4. The van der Waals surface area contributed by atoms with E-state index in [4.69, 9.17) is 4.42 Å². The van der Waals surface area contributed by atoms with Crippen molar-refractivity contribution in [2.45, 2.75) is 31.8 Å². The summed E-state index contributed by atoms with van der Waals surface area (Å²) in [7, 11) is -3.08. The number of sulfonamides is 1. The fraction of sp³-hybridized carbons (Fsp3) is 0.611. The number of nitrogens with zero attached hydrogens (tertiary/aromatic N) is 4. The van der Waals surface area contributed by atoms with E-state index in [1.807, 2.05) is 18.2 Å². The van der Waals surface area contributed by atoms with E-state index in [0.717, 1.165) is 48.9 Å². The van der Waals surface area contributed by atoms with Crippen LogP contribution in [0.1, 0.15) is 24.8 Å². The first-order chi connectivity index (χ1) is 12.6. The van der Waals surface area contributed by atoms with Gasteiger partial charge in [-0.15, -0.1) is 0 Å². The highest BCUT2D eigenvalue weighted by Gasteiger charge is 2.32. The molecule has 0 spiro atoms. The van der Waals surface area contributed by atoms with Gasteiger partial charge in [0.1, 0.15) is 5.52 Å². The lowest BCUT2D eigenvalue weighted by Crippen LogP contribution is -2.47. The maximum atomic E-state index is 12.0. The quantitative estimate of drug-likeness (QED) is 0.808. The third-order valence-electron chi connectivity index (χ3n) is 5.65. The fourth-order valence-corrected chi connectivity index (χ4v) is 5.49. The molecule has 0 atom stereocenters. The molecule has 2 saturated heterocycles.